The lowest BCUT2D eigenvalue weighted by Crippen LogP contribution is -2.23. The SMILES string of the molecule is O=C(NCC#Cc1ccccc1F)c1cncc(Br)c1. The Kier molecular flexibility index (Phi) is 4.85. The van der Waals surface area contributed by atoms with Gasteiger partial charge in [-0.2, -0.15) is 0 Å². The van der Waals surface area contributed by atoms with Crippen molar-refractivity contribution in [1.29, 1.82) is 0 Å². The highest BCUT2D eigenvalue weighted by Crippen LogP contribution is 2.09. The summed E-state index contributed by atoms with van der Waals surface area (Å²) in [5.74, 6) is 4.72. The first kappa shape index (κ1) is 14.2. The minimum Gasteiger partial charge on any atom is -0.341 e. The molecule has 1 N–H and O–H groups in total. The summed E-state index contributed by atoms with van der Waals surface area (Å²) in [6.45, 7) is 0.139. The number of nitrogens with one attached hydrogen (secondary N) is 1. The number of pyridine rings is 1. The maximum absolute atomic E-state index is 13.3. The van der Waals surface area contributed by atoms with Gasteiger partial charge in [0.2, 0.25) is 0 Å². The van der Waals surface area contributed by atoms with Gasteiger partial charge in [0.15, 0.2) is 0 Å². The Balaban J connectivity index is 1.94. The van der Waals surface area contributed by atoms with Crippen LogP contribution in [0.5, 0.6) is 0 Å². The summed E-state index contributed by atoms with van der Waals surface area (Å²) in [4.78, 5) is 15.7. The van der Waals surface area contributed by atoms with Gasteiger partial charge >= 0.3 is 0 Å². The van der Waals surface area contributed by atoms with Crippen molar-refractivity contribution in [2.75, 3.05) is 6.54 Å². The van der Waals surface area contributed by atoms with Crippen LogP contribution in [0.3, 0.4) is 0 Å². The van der Waals surface area contributed by atoms with Gasteiger partial charge in [0.05, 0.1) is 17.7 Å². The van der Waals surface area contributed by atoms with E-state index in [1.807, 2.05) is 0 Å². The van der Waals surface area contributed by atoms with Crippen LogP contribution in [-0.2, 0) is 0 Å². The highest BCUT2D eigenvalue weighted by molar-refractivity contribution is 9.10. The van der Waals surface area contributed by atoms with Gasteiger partial charge in [-0.25, -0.2) is 4.39 Å². The van der Waals surface area contributed by atoms with Crippen molar-refractivity contribution in [1.82, 2.24) is 10.3 Å². The Morgan fingerprint density at radius 2 is 2.15 bits per heavy atom. The lowest BCUT2D eigenvalue weighted by atomic mass is 10.2. The predicted octanol–water partition coefficient (Wildman–Crippen LogP) is 2.76. The van der Waals surface area contributed by atoms with Crippen LogP contribution in [0.4, 0.5) is 4.39 Å². The summed E-state index contributed by atoms with van der Waals surface area (Å²) in [5, 5.41) is 2.62. The fourth-order valence-electron chi connectivity index (χ4n) is 1.46. The minimum atomic E-state index is -0.373. The fourth-order valence-corrected chi connectivity index (χ4v) is 1.83. The third-order valence-electron chi connectivity index (χ3n) is 2.40. The van der Waals surface area contributed by atoms with E-state index >= 15 is 0 Å². The monoisotopic (exact) mass is 332 g/mol. The Morgan fingerprint density at radius 1 is 1.35 bits per heavy atom. The third-order valence-corrected chi connectivity index (χ3v) is 2.83. The van der Waals surface area contributed by atoms with Crippen LogP contribution >= 0.6 is 15.9 Å². The molecule has 5 heteroatoms. The normalized spacial score (nSPS) is 9.50. The van der Waals surface area contributed by atoms with E-state index in [1.54, 1.807) is 30.5 Å². The highest BCUT2D eigenvalue weighted by Gasteiger charge is 2.04. The van der Waals surface area contributed by atoms with Crippen molar-refractivity contribution in [3.63, 3.8) is 0 Å². The molecule has 1 aromatic heterocycles. The number of carbonyl (C=O) groups is 1. The van der Waals surface area contributed by atoms with Crippen LogP contribution in [-0.4, -0.2) is 17.4 Å². The molecule has 1 heterocycles. The zero-order chi connectivity index (χ0) is 14.4. The van der Waals surface area contributed by atoms with E-state index in [4.69, 9.17) is 0 Å². The molecular formula is C15H10BrFN2O. The van der Waals surface area contributed by atoms with E-state index < -0.39 is 0 Å². The average molecular weight is 333 g/mol. The van der Waals surface area contributed by atoms with Crippen LogP contribution in [0, 0.1) is 17.7 Å². The number of amides is 1. The molecule has 0 saturated carbocycles. The predicted molar refractivity (Wildman–Crippen MR) is 77.5 cm³/mol. The second kappa shape index (κ2) is 6.83. The molecule has 1 amide bonds. The quantitative estimate of drug-likeness (QED) is 0.859. The second-order valence-corrected chi connectivity index (χ2v) is 4.77. The summed E-state index contributed by atoms with van der Waals surface area (Å²) in [6.07, 6.45) is 3.05. The van der Waals surface area contributed by atoms with E-state index in [0.29, 0.717) is 11.1 Å². The number of benzene rings is 1. The summed E-state index contributed by atoms with van der Waals surface area (Å²) >= 11 is 3.24. The zero-order valence-electron chi connectivity index (χ0n) is 10.4. The largest absolute Gasteiger partial charge is 0.341 e. The van der Waals surface area contributed by atoms with Gasteiger partial charge < -0.3 is 5.32 Å². The van der Waals surface area contributed by atoms with Crippen LogP contribution in [0.2, 0.25) is 0 Å². The summed E-state index contributed by atoms with van der Waals surface area (Å²) in [6, 6.07) is 7.90. The molecule has 0 fully saturated rings. The lowest BCUT2D eigenvalue weighted by Gasteiger charge is -2.00. The first-order chi connectivity index (χ1) is 9.66. The number of carbonyl (C=O) groups excluding carboxylic acids is 1. The Hall–Kier alpha value is -2.19. The average Bonchev–Trinajstić information content (AvgIpc) is 2.45. The van der Waals surface area contributed by atoms with E-state index in [2.05, 4.69) is 38.1 Å². The van der Waals surface area contributed by atoms with E-state index in [0.717, 1.165) is 4.47 Å². The first-order valence-corrected chi connectivity index (χ1v) is 6.58. The Bertz CT molecular complexity index is 692. The number of hydrogen-bond acceptors (Lipinski definition) is 2. The van der Waals surface area contributed by atoms with E-state index in [-0.39, 0.29) is 18.3 Å². The zero-order valence-corrected chi connectivity index (χ0v) is 11.9. The molecule has 0 bridgehead atoms. The van der Waals surface area contributed by atoms with Crippen molar-refractivity contribution < 1.29 is 9.18 Å². The molecular weight excluding hydrogens is 323 g/mol. The van der Waals surface area contributed by atoms with Gasteiger partial charge in [0.25, 0.3) is 5.91 Å². The first-order valence-electron chi connectivity index (χ1n) is 5.79. The van der Waals surface area contributed by atoms with Crippen molar-refractivity contribution in [3.05, 3.63) is 64.1 Å². The van der Waals surface area contributed by atoms with E-state index in [9.17, 15) is 9.18 Å². The van der Waals surface area contributed by atoms with Crippen molar-refractivity contribution >= 4 is 21.8 Å². The summed E-state index contributed by atoms with van der Waals surface area (Å²) in [7, 11) is 0. The molecule has 1 aromatic carbocycles. The molecule has 2 aromatic rings. The second-order valence-electron chi connectivity index (χ2n) is 3.86. The Labute approximate surface area is 124 Å². The van der Waals surface area contributed by atoms with Gasteiger partial charge in [-0.3, -0.25) is 9.78 Å². The number of rotatable bonds is 2. The minimum absolute atomic E-state index is 0.139. The lowest BCUT2D eigenvalue weighted by molar-refractivity contribution is 0.0958. The van der Waals surface area contributed by atoms with E-state index in [1.165, 1.54) is 12.3 Å². The van der Waals surface area contributed by atoms with Crippen LogP contribution in [0.1, 0.15) is 15.9 Å². The molecule has 0 unspecified atom stereocenters. The van der Waals surface area contributed by atoms with Crippen LogP contribution in [0.15, 0.2) is 47.2 Å². The molecule has 0 atom stereocenters. The van der Waals surface area contributed by atoms with Gasteiger partial charge in [0.1, 0.15) is 5.82 Å². The molecule has 20 heavy (non-hydrogen) atoms. The molecule has 0 aliphatic carbocycles. The molecule has 0 spiro atoms. The smallest absolute Gasteiger partial charge is 0.253 e. The van der Waals surface area contributed by atoms with Crippen molar-refractivity contribution in [3.8, 4) is 11.8 Å². The van der Waals surface area contributed by atoms with Gasteiger partial charge in [-0.15, -0.1) is 0 Å². The maximum atomic E-state index is 13.3. The van der Waals surface area contributed by atoms with Crippen LogP contribution < -0.4 is 5.32 Å². The topological polar surface area (TPSA) is 42.0 Å². The molecule has 0 radical (unpaired) electrons. The van der Waals surface area contributed by atoms with Gasteiger partial charge in [-0.1, -0.05) is 24.0 Å². The number of hydrogen-bond donors (Lipinski definition) is 1. The molecule has 3 nitrogen and oxygen atoms in total. The maximum Gasteiger partial charge on any atom is 0.253 e. The molecule has 0 aliphatic rings. The summed E-state index contributed by atoms with van der Waals surface area (Å²) < 4.78 is 14.0. The highest BCUT2D eigenvalue weighted by atomic mass is 79.9. The van der Waals surface area contributed by atoms with Gasteiger partial charge in [-0.05, 0) is 34.1 Å². The number of nitrogens with zero attached hydrogens (tertiary/aromatic N) is 1. The van der Waals surface area contributed by atoms with Crippen LogP contribution in [0.25, 0.3) is 0 Å². The van der Waals surface area contributed by atoms with Crippen molar-refractivity contribution in [2.24, 2.45) is 0 Å². The number of halogens is 2. The third kappa shape index (κ3) is 3.90. The molecule has 100 valence electrons. The molecule has 0 aliphatic heterocycles. The molecule has 0 saturated heterocycles. The Morgan fingerprint density at radius 3 is 2.90 bits per heavy atom. The molecule has 2 rings (SSSR count). The fraction of sp³-hybridized carbons (Fsp3) is 0.0667. The van der Waals surface area contributed by atoms with Gasteiger partial charge in [0, 0.05) is 16.9 Å². The van der Waals surface area contributed by atoms with Crippen molar-refractivity contribution in [2.45, 2.75) is 0 Å². The number of aromatic nitrogens is 1. The summed E-state index contributed by atoms with van der Waals surface area (Å²) in [5.41, 5.74) is 0.748. The standard InChI is InChI=1S/C15H10BrFN2O/c16-13-8-12(9-18-10-13)15(20)19-7-3-5-11-4-1-2-6-14(11)17/h1-2,4,6,8-10H,7H2,(H,19,20).